The van der Waals surface area contributed by atoms with Crippen LogP contribution in [0.4, 0.5) is 0 Å². The summed E-state index contributed by atoms with van der Waals surface area (Å²) < 4.78 is 0. The van der Waals surface area contributed by atoms with E-state index in [2.05, 4.69) is 34.3 Å². The average molecular weight is 248 g/mol. The maximum Gasteiger partial charge on any atom is 0.0769 e. The number of hydrogen-bond acceptors (Lipinski definition) is 4. The molecule has 18 heavy (non-hydrogen) atoms. The van der Waals surface area contributed by atoms with Gasteiger partial charge < -0.3 is 10.2 Å². The SMILES string of the molecule is CCN1CCCC(C(C)NCc2cccnn2)C1. The molecule has 1 N–H and O–H groups in total. The summed E-state index contributed by atoms with van der Waals surface area (Å²) in [6.07, 6.45) is 4.38. The molecule has 2 unspecified atom stereocenters. The van der Waals surface area contributed by atoms with Gasteiger partial charge in [-0.25, -0.2) is 0 Å². The van der Waals surface area contributed by atoms with Gasteiger partial charge >= 0.3 is 0 Å². The van der Waals surface area contributed by atoms with E-state index in [1.165, 1.54) is 32.5 Å². The van der Waals surface area contributed by atoms with Gasteiger partial charge in [-0.2, -0.15) is 10.2 Å². The summed E-state index contributed by atoms with van der Waals surface area (Å²) in [5.74, 6) is 0.760. The van der Waals surface area contributed by atoms with Crippen molar-refractivity contribution in [2.75, 3.05) is 19.6 Å². The number of rotatable bonds is 5. The third kappa shape index (κ3) is 3.75. The van der Waals surface area contributed by atoms with E-state index in [0.29, 0.717) is 6.04 Å². The molecule has 1 saturated heterocycles. The first-order valence-electron chi connectivity index (χ1n) is 7.02. The first kappa shape index (κ1) is 13.4. The Morgan fingerprint density at radius 1 is 1.56 bits per heavy atom. The minimum absolute atomic E-state index is 0.543. The second-order valence-corrected chi connectivity index (χ2v) is 5.18. The molecule has 2 atom stereocenters. The predicted molar refractivity (Wildman–Crippen MR) is 73.2 cm³/mol. The maximum atomic E-state index is 4.10. The molecule has 2 heterocycles. The van der Waals surface area contributed by atoms with Crippen LogP contribution < -0.4 is 5.32 Å². The molecule has 100 valence electrons. The highest BCUT2D eigenvalue weighted by Gasteiger charge is 2.23. The van der Waals surface area contributed by atoms with Gasteiger partial charge in [0.05, 0.1) is 5.69 Å². The Hall–Kier alpha value is -1.00. The zero-order valence-electron chi connectivity index (χ0n) is 11.5. The Labute approximate surface area is 110 Å². The minimum Gasteiger partial charge on any atom is -0.308 e. The van der Waals surface area contributed by atoms with Crippen LogP contribution >= 0.6 is 0 Å². The van der Waals surface area contributed by atoms with Crippen LogP contribution in [0.15, 0.2) is 18.3 Å². The summed E-state index contributed by atoms with van der Waals surface area (Å²) >= 11 is 0. The Bertz CT molecular complexity index is 341. The molecule has 0 aromatic carbocycles. The monoisotopic (exact) mass is 248 g/mol. The van der Waals surface area contributed by atoms with Gasteiger partial charge in [0.1, 0.15) is 0 Å². The van der Waals surface area contributed by atoms with Crippen LogP contribution in [0, 0.1) is 5.92 Å². The van der Waals surface area contributed by atoms with Crippen LogP contribution in [0.1, 0.15) is 32.4 Å². The van der Waals surface area contributed by atoms with Crippen molar-refractivity contribution in [3.8, 4) is 0 Å². The highest BCUT2D eigenvalue weighted by molar-refractivity contribution is 4.98. The van der Waals surface area contributed by atoms with E-state index in [1.54, 1.807) is 6.20 Å². The van der Waals surface area contributed by atoms with Crippen LogP contribution in [0.5, 0.6) is 0 Å². The van der Waals surface area contributed by atoms with Gasteiger partial charge in [-0.15, -0.1) is 0 Å². The van der Waals surface area contributed by atoms with Crippen molar-refractivity contribution in [1.29, 1.82) is 0 Å². The molecular weight excluding hydrogens is 224 g/mol. The first-order valence-corrected chi connectivity index (χ1v) is 7.02. The van der Waals surface area contributed by atoms with Crippen LogP contribution in [0.25, 0.3) is 0 Å². The quantitative estimate of drug-likeness (QED) is 0.861. The molecule has 0 saturated carbocycles. The minimum atomic E-state index is 0.543. The molecule has 4 heteroatoms. The molecule has 0 amide bonds. The molecule has 0 radical (unpaired) electrons. The summed E-state index contributed by atoms with van der Waals surface area (Å²) in [5.41, 5.74) is 1.02. The molecular formula is C14H24N4. The summed E-state index contributed by atoms with van der Waals surface area (Å²) in [4.78, 5) is 2.55. The second-order valence-electron chi connectivity index (χ2n) is 5.18. The third-order valence-electron chi connectivity index (χ3n) is 3.93. The van der Waals surface area contributed by atoms with Gasteiger partial charge in [-0.05, 0) is 50.9 Å². The Kier molecular flexibility index (Phi) is 5.08. The van der Waals surface area contributed by atoms with Gasteiger partial charge in [0.15, 0.2) is 0 Å². The summed E-state index contributed by atoms with van der Waals surface area (Å²) in [7, 11) is 0. The molecule has 1 aliphatic heterocycles. The zero-order chi connectivity index (χ0) is 12.8. The smallest absolute Gasteiger partial charge is 0.0769 e. The normalized spacial score (nSPS) is 22.9. The second kappa shape index (κ2) is 6.81. The van der Waals surface area contributed by atoms with E-state index in [9.17, 15) is 0 Å². The predicted octanol–water partition coefficient (Wildman–Crippen LogP) is 1.69. The van der Waals surface area contributed by atoms with Crippen LogP contribution in [0.3, 0.4) is 0 Å². The van der Waals surface area contributed by atoms with Gasteiger partial charge in [0.2, 0.25) is 0 Å². The Morgan fingerprint density at radius 2 is 2.44 bits per heavy atom. The molecule has 1 aliphatic rings. The molecule has 1 fully saturated rings. The fraction of sp³-hybridized carbons (Fsp3) is 0.714. The average Bonchev–Trinajstić information content (AvgIpc) is 2.46. The van der Waals surface area contributed by atoms with Crippen molar-refractivity contribution in [3.63, 3.8) is 0 Å². The lowest BCUT2D eigenvalue weighted by Crippen LogP contribution is -2.44. The lowest BCUT2D eigenvalue weighted by atomic mass is 9.91. The fourth-order valence-electron chi connectivity index (χ4n) is 2.65. The summed E-state index contributed by atoms with van der Waals surface area (Å²) in [6, 6.07) is 4.50. The number of aromatic nitrogens is 2. The lowest BCUT2D eigenvalue weighted by molar-refractivity contribution is 0.156. The van der Waals surface area contributed by atoms with E-state index in [4.69, 9.17) is 0 Å². The van der Waals surface area contributed by atoms with Crippen molar-refractivity contribution in [3.05, 3.63) is 24.0 Å². The maximum absolute atomic E-state index is 4.10. The highest BCUT2D eigenvalue weighted by Crippen LogP contribution is 2.19. The van der Waals surface area contributed by atoms with E-state index < -0.39 is 0 Å². The molecule has 2 rings (SSSR count). The Balaban J connectivity index is 1.79. The van der Waals surface area contributed by atoms with Gasteiger partial charge in [0.25, 0.3) is 0 Å². The van der Waals surface area contributed by atoms with Crippen LogP contribution in [-0.2, 0) is 6.54 Å². The highest BCUT2D eigenvalue weighted by atomic mass is 15.1. The molecule has 0 aliphatic carbocycles. The first-order chi connectivity index (χ1) is 8.79. The van der Waals surface area contributed by atoms with E-state index in [-0.39, 0.29) is 0 Å². The van der Waals surface area contributed by atoms with Crippen LogP contribution in [-0.4, -0.2) is 40.8 Å². The number of nitrogens with one attached hydrogen (secondary N) is 1. The number of likely N-dealkylation sites (tertiary alicyclic amines) is 1. The van der Waals surface area contributed by atoms with Crippen molar-refractivity contribution >= 4 is 0 Å². The van der Waals surface area contributed by atoms with Crippen molar-refractivity contribution in [2.24, 2.45) is 5.92 Å². The topological polar surface area (TPSA) is 41.0 Å². The van der Waals surface area contributed by atoms with Gasteiger partial charge in [-0.1, -0.05) is 6.92 Å². The van der Waals surface area contributed by atoms with Gasteiger partial charge in [0, 0.05) is 25.3 Å². The number of piperidine rings is 1. The molecule has 1 aromatic rings. The fourth-order valence-corrected chi connectivity index (χ4v) is 2.65. The standard InChI is InChI=1S/C14H24N4/c1-3-18-9-5-6-13(11-18)12(2)15-10-14-7-4-8-16-17-14/h4,7-8,12-13,15H,3,5-6,9-11H2,1-2H3. The van der Waals surface area contributed by atoms with Gasteiger partial charge in [-0.3, -0.25) is 0 Å². The lowest BCUT2D eigenvalue weighted by Gasteiger charge is -2.35. The zero-order valence-corrected chi connectivity index (χ0v) is 11.5. The van der Waals surface area contributed by atoms with E-state index >= 15 is 0 Å². The van der Waals surface area contributed by atoms with Crippen LogP contribution in [0.2, 0.25) is 0 Å². The number of nitrogens with zero attached hydrogens (tertiary/aromatic N) is 3. The van der Waals surface area contributed by atoms with Crippen molar-refractivity contribution in [1.82, 2.24) is 20.4 Å². The molecule has 0 spiro atoms. The largest absolute Gasteiger partial charge is 0.308 e. The van der Waals surface area contributed by atoms with Crippen molar-refractivity contribution in [2.45, 2.75) is 39.3 Å². The molecule has 1 aromatic heterocycles. The third-order valence-corrected chi connectivity index (χ3v) is 3.93. The van der Waals surface area contributed by atoms with E-state index in [1.807, 2.05) is 12.1 Å². The molecule has 4 nitrogen and oxygen atoms in total. The summed E-state index contributed by atoms with van der Waals surface area (Å²) in [6.45, 7) is 9.03. The van der Waals surface area contributed by atoms with Crippen molar-refractivity contribution < 1.29 is 0 Å². The number of hydrogen-bond donors (Lipinski definition) is 1. The summed E-state index contributed by atoms with van der Waals surface area (Å²) in [5, 5.41) is 11.6. The molecule has 0 bridgehead atoms. The van der Waals surface area contributed by atoms with E-state index in [0.717, 1.165) is 18.2 Å². The Morgan fingerprint density at radius 3 is 3.17 bits per heavy atom.